The molecule has 1 aromatic heterocycles. The van der Waals surface area contributed by atoms with Crippen molar-refractivity contribution in [2.45, 2.75) is 89.6 Å². The lowest BCUT2D eigenvalue weighted by atomic mass is 10.2. The van der Waals surface area contributed by atoms with Gasteiger partial charge in [-0.25, -0.2) is 22.9 Å². The summed E-state index contributed by atoms with van der Waals surface area (Å²) < 4.78 is 46.6. The number of nitrogens with one attached hydrogen (secondary N) is 1. The highest BCUT2D eigenvalue weighted by Gasteiger charge is 2.37. The predicted molar refractivity (Wildman–Crippen MR) is 154 cm³/mol. The molecule has 0 saturated carbocycles. The van der Waals surface area contributed by atoms with E-state index in [4.69, 9.17) is 13.9 Å². The smallest absolute Gasteiger partial charge is 0.410 e. The van der Waals surface area contributed by atoms with Crippen molar-refractivity contribution in [2.75, 3.05) is 26.8 Å². The highest BCUT2D eigenvalue weighted by molar-refractivity contribution is 7.89. The average Bonchev–Trinajstić information content (AvgIpc) is 2.77. The van der Waals surface area contributed by atoms with Crippen LogP contribution in [0.5, 0.6) is 5.88 Å². The lowest BCUT2D eigenvalue weighted by Crippen LogP contribution is -2.46. The van der Waals surface area contributed by atoms with Gasteiger partial charge in [0.05, 0.1) is 12.0 Å². The summed E-state index contributed by atoms with van der Waals surface area (Å²) in [5.41, 5.74) is -0.675. The summed E-state index contributed by atoms with van der Waals surface area (Å²) in [5.74, 6) is 0.351. The van der Waals surface area contributed by atoms with E-state index in [0.717, 1.165) is 0 Å². The van der Waals surface area contributed by atoms with E-state index in [2.05, 4.69) is 43.6 Å². The molecule has 0 bridgehead atoms. The van der Waals surface area contributed by atoms with E-state index in [1.807, 2.05) is 0 Å². The zero-order valence-electron chi connectivity index (χ0n) is 24.5. The molecule has 0 unspecified atom stereocenters. The lowest BCUT2D eigenvalue weighted by molar-refractivity contribution is 0.0230. The molecule has 0 aliphatic heterocycles. The number of fused-ring (bicyclic) bond motifs is 1. The van der Waals surface area contributed by atoms with E-state index in [9.17, 15) is 13.2 Å². The molecule has 1 N–H and O–H groups in total. The number of hydrogen-bond acceptors (Lipinski definition) is 7. The molecule has 1 heterocycles. The lowest BCUT2D eigenvalue weighted by Gasteiger charge is -2.36. The quantitative estimate of drug-likeness (QED) is 0.280. The number of rotatable bonds is 11. The summed E-state index contributed by atoms with van der Waals surface area (Å²) in [6, 6.07) is 6.03. The molecule has 214 valence electrons. The zero-order valence-corrected chi connectivity index (χ0v) is 26.4. The van der Waals surface area contributed by atoms with Gasteiger partial charge in [0.25, 0.3) is 0 Å². The Labute approximate surface area is 229 Å². The summed E-state index contributed by atoms with van der Waals surface area (Å²) in [6.07, 6.45) is 1.64. The molecule has 0 spiro atoms. The van der Waals surface area contributed by atoms with E-state index >= 15 is 0 Å². The number of ether oxygens (including phenoxy) is 2. The minimum atomic E-state index is -3.91. The Morgan fingerprint density at radius 1 is 1.11 bits per heavy atom. The maximum atomic E-state index is 13.4. The molecule has 38 heavy (non-hydrogen) atoms. The minimum Gasteiger partial charge on any atom is -0.481 e. The van der Waals surface area contributed by atoms with Gasteiger partial charge in [-0.1, -0.05) is 26.8 Å². The second kappa shape index (κ2) is 12.3. The molecular weight excluding hydrogens is 522 g/mol. The molecule has 2 aromatic rings. The van der Waals surface area contributed by atoms with E-state index in [1.165, 1.54) is 13.3 Å². The van der Waals surface area contributed by atoms with Crippen LogP contribution < -0.4 is 9.46 Å². The fourth-order valence-electron chi connectivity index (χ4n) is 3.63. The van der Waals surface area contributed by atoms with Gasteiger partial charge in [0.1, 0.15) is 5.60 Å². The van der Waals surface area contributed by atoms with Crippen molar-refractivity contribution in [1.82, 2.24) is 14.6 Å². The SMILES string of the molecule is COc1nccc2c(S(=O)(=O)N[C@H](C)CN(CCCO[Si](C)(C)C(C)(C)C)C(=O)OC(C)(C)C)cccc12. The summed E-state index contributed by atoms with van der Waals surface area (Å²) in [5, 5.41) is 1.19. The van der Waals surface area contributed by atoms with Gasteiger partial charge < -0.3 is 18.8 Å². The Balaban J connectivity index is 2.17. The first kappa shape index (κ1) is 32.0. The number of carbonyl (C=O) groups is 1. The molecule has 9 nitrogen and oxygen atoms in total. The Morgan fingerprint density at radius 3 is 2.34 bits per heavy atom. The first-order valence-electron chi connectivity index (χ1n) is 12.9. The Kier molecular flexibility index (Phi) is 10.4. The fourth-order valence-corrected chi connectivity index (χ4v) is 6.17. The van der Waals surface area contributed by atoms with Crippen LogP contribution in [0.15, 0.2) is 35.4 Å². The van der Waals surface area contributed by atoms with Crippen molar-refractivity contribution in [3.63, 3.8) is 0 Å². The number of aromatic nitrogens is 1. The fraction of sp³-hybridized carbons (Fsp3) is 0.630. The standard InChI is InChI=1S/C27H45N3O6SSi/c1-20(29-37(32,33)23-14-11-13-22-21(23)15-16-28-24(22)34-8)19-30(25(31)36-26(2,3)4)17-12-18-35-38(9,10)27(5,6)7/h11,13-16,20,29H,12,17-19H2,1-10H3/t20-/m1/s1. The number of pyridine rings is 1. The highest BCUT2D eigenvalue weighted by Crippen LogP contribution is 2.36. The average molecular weight is 568 g/mol. The maximum Gasteiger partial charge on any atom is 0.410 e. The zero-order chi connectivity index (χ0) is 28.9. The second-order valence-corrected chi connectivity index (χ2v) is 18.6. The number of carbonyl (C=O) groups excluding carboxylic acids is 1. The Hall–Kier alpha value is -2.21. The van der Waals surface area contributed by atoms with Gasteiger partial charge in [-0.15, -0.1) is 0 Å². The number of hydrogen-bond donors (Lipinski definition) is 1. The third kappa shape index (κ3) is 8.65. The van der Waals surface area contributed by atoms with Crippen LogP contribution in [-0.2, 0) is 19.2 Å². The molecule has 0 saturated heterocycles. The van der Waals surface area contributed by atoms with Gasteiger partial charge in [-0.2, -0.15) is 0 Å². The topological polar surface area (TPSA) is 107 Å². The van der Waals surface area contributed by atoms with Crippen molar-refractivity contribution in [1.29, 1.82) is 0 Å². The summed E-state index contributed by atoms with van der Waals surface area (Å²) in [7, 11) is -4.33. The number of sulfonamides is 1. The first-order chi connectivity index (χ1) is 17.4. The van der Waals surface area contributed by atoms with E-state index in [1.54, 1.807) is 56.9 Å². The van der Waals surface area contributed by atoms with E-state index in [0.29, 0.717) is 36.2 Å². The Bertz CT molecular complexity index is 1210. The van der Waals surface area contributed by atoms with Crippen molar-refractivity contribution in [3.8, 4) is 5.88 Å². The molecule has 1 atom stereocenters. The third-order valence-corrected chi connectivity index (χ3v) is 12.7. The Morgan fingerprint density at radius 2 is 1.76 bits per heavy atom. The van der Waals surface area contributed by atoms with Gasteiger partial charge in [0.15, 0.2) is 8.32 Å². The molecule has 0 fully saturated rings. The number of methoxy groups -OCH3 is 1. The van der Waals surface area contributed by atoms with Crippen LogP contribution in [0.3, 0.4) is 0 Å². The number of benzene rings is 1. The minimum absolute atomic E-state index is 0.0896. The molecule has 1 aromatic carbocycles. The van der Waals surface area contributed by atoms with Gasteiger partial charge in [0, 0.05) is 42.7 Å². The molecular formula is C27H45N3O6SSi. The van der Waals surface area contributed by atoms with Crippen LogP contribution in [0.4, 0.5) is 4.79 Å². The first-order valence-corrected chi connectivity index (χ1v) is 17.3. The van der Waals surface area contributed by atoms with E-state index < -0.39 is 36.1 Å². The van der Waals surface area contributed by atoms with Gasteiger partial charge in [-0.3, -0.25) is 0 Å². The van der Waals surface area contributed by atoms with Crippen LogP contribution in [0.25, 0.3) is 10.8 Å². The van der Waals surface area contributed by atoms with Crippen LogP contribution >= 0.6 is 0 Å². The molecule has 0 aliphatic rings. The van der Waals surface area contributed by atoms with Gasteiger partial charge in [0.2, 0.25) is 15.9 Å². The van der Waals surface area contributed by atoms with Crippen LogP contribution in [0, 0.1) is 0 Å². The summed E-state index contributed by atoms with van der Waals surface area (Å²) >= 11 is 0. The summed E-state index contributed by atoms with van der Waals surface area (Å²) in [4.78, 5) is 18.8. The van der Waals surface area contributed by atoms with Gasteiger partial charge in [-0.05, 0) is 70.4 Å². The molecule has 2 rings (SSSR count). The monoisotopic (exact) mass is 567 g/mol. The largest absolute Gasteiger partial charge is 0.481 e. The molecule has 0 aliphatic carbocycles. The molecule has 11 heteroatoms. The summed E-state index contributed by atoms with van der Waals surface area (Å²) in [6.45, 7) is 19.1. The van der Waals surface area contributed by atoms with E-state index in [-0.39, 0.29) is 16.5 Å². The third-order valence-electron chi connectivity index (χ3n) is 6.56. The van der Waals surface area contributed by atoms with Crippen LogP contribution in [0.2, 0.25) is 18.1 Å². The molecule has 1 amide bonds. The van der Waals surface area contributed by atoms with Crippen molar-refractivity contribution < 1.29 is 27.1 Å². The van der Waals surface area contributed by atoms with Crippen LogP contribution in [-0.4, -0.2) is 71.2 Å². The maximum absolute atomic E-state index is 13.4. The van der Waals surface area contributed by atoms with Crippen molar-refractivity contribution in [2.24, 2.45) is 0 Å². The van der Waals surface area contributed by atoms with Crippen molar-refractivity contribution in [3.05, 3.63) is 30.5 Å². The number of amides is 1. The predicted octanol–water partition coefficient (Wildman–Crippen LogP) is 5.56. The van der Waals surface area contributed by atoms with Gasteiger partial charge >= 0.3 is 6.09 Å². The normalized spacial score (nSPS) is 13.8. The van der Waals surface area contributed by atoms with Crippen LogP contribution in [0.1, 0.15) is 54.9 Å². The second-order valence-electron chi connectivity index (χ2n) is 12.1. The number of nitrogens with zero attached hydrogens (tertiary/aromatic N) is 2. The van der Waals surface area contributed by atoms with Crippen molar-refractivity contribution >= 4 is 35.2 Å². The molecule has 0 radical (unpaired) electrons. The highest BCUT2D eigenvalue weighted by atomic mass is 32.2.